The Balaban J connectivity index is 1.30. The molecule has 362 valence electrons. The smallest absolute Gasteiger partial charge is 0.244 e. The van der Waals surface area contributed by atoms with Crippen molar-refractivity contribution in [2.45, 2.75) is 95.0 Å². The second kappa shape index (κ2) is 24.5. The molecule has 6 rings (SSSR count). The summed E-state index contributed by atoms with van der Waals surface area (Å²) in [7, 11) is 2.46. The standard InChI is InChI=1S/C48H60N10O8S2/c1-27(2)42-48(66)57-40(47(65)55-37(43(50)61)22-29-24-51-34-11-5-3-9-32(29)34)26-68-67-20-18-41(60)53-38(21-28-14-16-31(59)17-15-28)45(63)56-39(23-30-25-52-35-12-6-4-10-33(30)35)46(64)54-36(44(62)58-42)13-7-8-19-49/h3-6,9-12,14-17,24-25,27,36-40,42,51-52,59H,7-8,13,18-23,26,49H2,1-2H3,(H2,50,61)(H,53,60)(H,54,64)(H,55,65)(H,56,63)(H,57,66)(H,58,62)/t36-,37-,38-,39+,40-,42-/m0/s1. The molecule has 1 saturated heterocycles. The Morgan fingerprint density at radius 1 is 0.721 bits per heavy atom. The van der Waals surface area contributed by atoms with Crippen molar-refractivity contribution in [3.63, 3.8) is 0 Å². The molecule has 18 nitrogen and oxygen atoms in total. The first-order chi connectivity index (χ1) is 32.7. The molecular weight excluding hydrogens is 909 g/mol. The Hall–Kier alpha value is -6.51. The highest BCUT2D eigenvalue weighted by Crippen LogP contribution is 2.25. The highest BCUT2D eigenvalue weighted by molar-refractivity contribution is 8.76. The number of phenols is 1. The number of fused-ring (bicyclic) bond motifs is 2. The zero-order valence-electron chi connectivity index (χ0n) is 38.0. The molecule has 1 aliphatic rings. The summed E-state index contributed by atoms with van der Waals surface area (Å²) in [4.78, 5) is 104. The van der Waals surface area contributed by atoms with Gasteiger partial charge in [-0.15, -0.1) is 0 Å². The number of aromatic hydroxyl groups is 1. The zero-order chi connectivity index (χ0) is 48.7. The number of hydrogen-bond donors (Lipinski definition) is 11. The lowest BCUT2D eigenvalue weighted by molar-refractivity contribution is -0.135. The minimum atomic E-state index is -1.24. The van der Waals surface area contributed by atoms with E-state index in [-0.39, 0.29) is 49.4 Å². The Morgan fingerprint density at radius 2 is 1.32 bits per heavy atom. The number of aromatic nitrogens is 2. The molecule has 7 amide bonds. The molecule has 13 N–H and O–H groups in total. The number of amides is 7. The number of carbonyl (C=O) groups is 7. The summed E-state index contributed by atoms with van der Waals surface area (Å²) in [5.74, 6) is -4.91. The van der Waals surface area contributed by atoms with E-state index in [2.05, 4.69) is 41.9 Å². The number of aromatic amines is 2. The van der Waals surface area contributed by atoms with Gasteiger partial charge in [0.15, 0.2) is 0 Å². The van der Waals surface area contributed by atoms with Crippen LogP contribution in [0, 0.1) is 5.92 Å². The maximum atomic E-state index is 14.5. The van der Waals surface area contributed by atoms with Gasteiger partial charge in [-0.2, -0.15) is 0 Å². The summed E-state index contributed by atoms with van der Waals surface area (Å²) in [6.45, 7) is 3.77. The molecule has 0 aliphatic carbocycles. The van der Waals surface area contributed by atoms with Crippen LogP contribution in [0.2, 0.25) is 0 Å². The first-order valence-electron chi connectivity index (χ1n) is 22.6. The van der Waals surface area contributed by atoms with Crippen molar-refractivity contribution in [3.05, 3.63) is 102 Å². The van der Waals surface area contributed by atoms with Crippen LogP contribution in [0.15, 0.2) is 85.2 Å². The summed E-state index contributed by atoms with van der Waals surface area (Å²) in [6, 6.07) is 14.0. The van der Waals surface area contributed by atoms with Gasteiger partial charge in [-0.1, -0.05) is 84.0 Å². The number of nitrogens with two attached hydrogens (primary N) is 2. The maximum absolute atomic E-state index is 14.5. The molecule has 68 heavy (non-hydrogen) atoms. The number of benzene rings is 3. The molecule has 1 fully saturated rings. The number of primary amides is 1. The van der Waals surface area contributed by atoms with Crippen LogP contribution in [0.3, 0.4) is 0 Å². The number of nitrogens with one attached hydrogen (secondary N) is 8. The maximum Gasteiger partial charge on any atom is 0.244 e. The van der Waals surface area contributed by atoms with Crippen molar-refractivity contribution < 1.29 is 38.7 Å². The van der Waals surface area contributed by atoms with Gasteiger partial charge in [0.1, 0.15) is 42.0 Å². The van der Waals surface area contributed by atoms with E-state index in [0.717, 1.165) is 27.4 Å². The molecule has 0 bridgehead atoms. The van der Waals surface area contributed by atoms with Crippen molar-refractivity contribution in [3.8, 4) is 5.75 Å². The largest absolute Gasteiger partial charge is 0.508 e. The fourth-order valence-electron chi connectivity index (χ4n) is 7.94. The molecular formula is C48H60N10O8S2. The topological polar surface area (TPSA) is 296 Å². The molecule has 0 unspecified atom stereocenters. The third-order valence-corrected chi connectivity index (χ3v) is 14.1. The number of hydrogen-bond acceptors (Lipinski definition) is 11. The minimum absolute atomic E-state index is 0.00529. The van der Waals surface area contributed by atoms with Crippen molar-refractivity contribution >= 4 is 84.7 Å². The van der Waals surface area contributed by atoms with E-state index < -0.39 is 83.5 Å². The molecule has 0 saturated carbocycles. The van der Waals surface area contributed by atoms with Crippen LogP contribution in [0.4, 0.5) is 0 Å². The lowest BCUT2D eigenvalue weighted by Crippen LogP contribution is -2.61. The number of unbranched alkanes of at least 4 members (excludes halogenated alkanes) is 1. The first-order valence-corrected chi connectivity index (χ1v) is 25.1. The summed E-state index contributed by atoms with van der Waals surface area (Å²) in [6.07, 6.45) is 4.64. The van der Waals surface area contributed by atoms with Gasteiger partial charge in [-0.05, 0) is 72.7 Å². The SMILES string of the molecule is CC(C)[C@@H]1NC(=O)[C@H](CCCCN)NC(=O)[C@@H](Cc2c[nH]c3ccccc23)NC(=O)[C@H](Cc2ccc(O)cc2)NC(=O)CCSSC[C@@H](C(=O)N[C@@H](Cc2c[nH]c3ccccc23)C(N)=O)NC1=O. The van der Waals surface area contributed by atoms with Gasteiger partial charge in [0.2, 0.25) is 41.4 Å². The molecule has 3 aromatic carbocycles. The fourth-order valence-corrected chi connectivity index (χ4v) is 10.1. The van der Waals surface area contributed by atoms with E-state index in [1.54, 1.807) is 38.4 Å². The highest BCUT2D eigenvalue weighted by Gasteiger charge is 2.35. The molecule has 20 heteroatoms. The van der Waals surface area contributed by atoms with Crippen LogP contribution < -0.4 is 43.4 Å². The third kappa shape index (κ3) is 14.0. The van der Waals surface area contributed by atoms with E-state index >= 15 is 0 Å². The predicted octanol–water partition coefficient (Wildman–Crippen LogP) is 2.35. The van der Waals surface area contributed by atoms with Crippen molar-refractivity contribution in [1.29, 1.82) is 0 Å². The lowest BCUT2D eigenvalue weighted by atomic mass is 10.00. The van der Waals surface area contributed by atoms with E-state index in [4.69, 9.17) is 11.5 Å². The molecule has 5 aromatic rings. The van der Waals surface area contributed by atoms with E-state index in [1.165, 1.54) is 33.7 Å². The quantitative estimate of drug-likeness (QED) is 0.0567. The normalized spacial score (nSPS) is 21.0. The van der Waals surface area contributed by atoms with E-state index in [9.17, 15) is 38.7 Å². The van der Waals surface area contributed by atoms with Gasteiger partial charge in [0, 0.05) is 71.4 Å². The van der Waals surface area contributed by atoms with Gasteiger partial charge < -0.3 is 58.4 Å². The van der Waals surface area contributed by atoms with Crippen molar-refractivity contribution in [2.24, 2.45) is 17.4 Å². The molecule has 6 atom stereocenters. The van der Waals surface area contributed by atoms with Crippen LogP contribution in [-0.4, -0.2) is 111 Å². The molecule has 2 aromatic heterocycles. The Morgan fingerprint density at radius 3 is 1.97 bits per heavy atom. The second-order valence-electron chi connectivity index (χ2n) is 17.1. The van der Waals surface area contributed by atoms with Crippen LogP contribution in [0.25, 0.3) is 21.8 Å². The van der Waals surface area contributed by atoms with E-state index in [1.807, 2.05) is 48.5 Å². The van der Waals surface area contributed by atoms with Crippen LogP contribution >= 0.6 is 21.6 Å². The average molecular weight is 969 g/mol. The Bertz CT molecular complexity index is 2570. The Labute approximate surface area is 401 Å². The van der Waals surface area contributed by atoms with Gasteiger partial charge >= 0.3 is 0 Å². The summed E-state index contributed by atoms with van der Waals surface area (Å²) in [5, 5.41) is 28.5. The second-order valence-corrected chi connectivity index (χ2v) is 19.8. The van der Waals surface area contributed by atoms with Gasteiger partial charge in [0.25, 0.3) is 0 Å². The zero-order valence-corrected chi connectivity index (χ0v) is 39.6. The van der Waals surface area contributed by atoms with Gasteiger partial charge in [0.05, 0.1) is 0 Å². The number of phenolic OH excluding ortho intramolecular Hbond substituents is 1. The minimum Gasteiger partial charge on any atom is -0.508 e. The van der Waals surface area contributed by atoms with Crippen LogP contribution in [0.1, 0.15) is 56.2 Å². The summed E-state index contributed by atoms with van der Waals surface area (Å²) >= 11 is 0. The Kier molecular flexibility index (Phi) is 18.3. The molecule has 0 radical (unpaired) electrons. The van der Waals surface area contributed by atoms with Gasteiger partial charge in [-0.3, -0.25) is 33.6 Å². The highest BCUT2D eigenvalue weighted by atomic mass is 33.1. The monoisotopic (exact) mass is 968 g/mol. The lowest BCUT2D eigenvalue weighted by Gasteiger charge is -2.29. The predicted molar refractivity (Wildman–Crippen MR) is 264 cm³/mol. The number of rotatable bonds is 14. The fraction of sp³-hybridized carbons (Fsp3) is 0.396. The number of para-hydroxylation sites is 2. The number of H-pyrrole nitrogens is 2. The van der Waals surface area contributed by atoms with Crippen molar-refractivity contribution in [2.75, 3.05) is 18.1 Å². The third-order valence-electron chi connectivity index (χ3n) is 11.7. The number of carbonyl (C=O) groups excluding carboxylic acids is 7. The molecule has 0 spiro atoms. The summed E-state index contributed by atoms with van der Waals surface area (Å²) < 4.78 is 0. The van der Waals surface area contributed by atoms with Crippen LogP contribution in [0.5, 0.6) is 5.75 Å². The van der Waals surface area contributed by atoms with Crippen LogP contribution in [-0.2, 0) is 52.8 Å². The molecule has 1 aliphatic heterocycles. The van der Waals surface area contributed by atoms with Crippen molar-refractivity contribution in [1.82, 2.24) is 41.9 Å². The summed E-state index contributed by atoms with van der Waals surface area (Å²) in [5.41, 5.74) is 15.4. The first kappa shape index (κ1) is 50.9. The molecule has 3 heterocycles. The van der Waals surface area contributed by atoms with E-state index in [0.29, 0.717) is 30.5 Å². The van der Waals surface area contributed by atoms with Gasteiger partial charge in [-0.25, -0.2) is 0 Å². The average Bonchev–Trinajstić information content (AvgIpc) is 3.92.